The molecule has 0 bridgehead atoms. The highest BCUT2D eigenvalue weighted by molar-refractivity contribution is 5.59. The number of hydrogen-bond donors (Lipinski definition) is 0. The van der Waals surface area contributed by atoms with E-state index in [0.717, 1.165) is 11.4 Å². The zero-order chi connectivity index (χ0) is 17.2. The number of fused-ring (bicyclic) bond motifs is 1. The van der Waals surface area contributed by atoms with Crippen LogP contribution in [0, 0.1) is 0 Å². The lowest BCUT2D eigenvalue weighted by Gasteiger charge is -2.02. The van der Waals surface area contributed by atoms with E-state index in [9.17, 15) is 8.78 Å². The van der Waals surface area contributed by atoms with Gasteiger partial charge < -0.3 is 13.6 Å². The number of hydrogen-bond acceptors (Lipinski definition) is 5. The minimum absolute atomic E-state index is 0.0304. The first-order chi connectivity index (χ1) is 12.2. The van der Waals surface area contributed by atoms with Gasteiger partial charge in [-0.3, -0.25) is 0 Å². The number of para-hydroxylation sites is 1. The zero-order valence-corrected chi connectivity index (χ0v) is 12.8. The third-order valence-corrected chi connectivity index (χ3v) is 3.51. The highest BCUT2D eigenvalue weighted by Crippen LogP contribution is 2.24. The molecule has 8 heteroatoms. The molecule has 0 fully saturated rings. The average molecular weight is 342 g/mol. The molecule has 0 atom stereocenters. The van der Waals surface area contributed by atoms with Gasteiger partial charge in [0, 0.05) is 18.0 Å². The first kappa shape index (κ1) is 15.3. The number of imidazole rings is 1. The number of benzene rings is 1. The van der Waals surface area contributed by atoms with Crippen LogP contribution < -0.4 is 4.74 Å². The maximum Gasteiger partial charge on any atom is 0.314 e. The normalized spacial score (nSPS) is 11.3. The largest absolute Gasteiger partial charge is 0.487 e. The summed E-state index contributed by atoms with van der Waals surface area (Å²) in [7, 11) is 0. The molecule has 0 saturated carbocycles. The maximum atomic E-state index is 12.6. The fourth-order valence-corrected chi connectivity index (χ4v) is 2.35. The molecule has 1 aromatic carbocycles. The van der Waals surface area contributed by atoms with Crippen molar-refractivity contribution in [2.75, 3.05) is 0 Å². The van der Waals surface area contributed by atoms with E-state index in [1.165, 1.54) is 0 Å². The van der Waals surface area contributed by atoms with Gasteiger partial charge in [-0.25, -0.2) is 4.98 Å². The molecular formula is C17H12F2N4O2. The van der Waals surface area contributed by atoms with Crippen LogP contribution in [0.15, 0.2) is 59.3 Å². The third-order valence-electron chi connectivity index (χ3n) is 3.51. The summed E-state index contributed by atoms with van der Waals surface area (Å²) in [4.78, 5) is 4.46. The molecule has 6 nitrogen and oxygen atoms in total. The maximum absolute atomic E-state index is 12.6. The van der Waals surface area contributed by atoms with E-state index in [1.54, 1.807) is 22.7 Å². The summed E-state index contributed by atoms with van der Waals surface area (Å²) in [5.74, 6) is 0.0867. The molecular weight excluding hydrogens is 330 g/mol. The highest BCUT2D eigenvalue weighted by Gasteiger charge is 2.17. The Balaban J connectivity index is 1.56. The molecule has 4 rings (SSSR count). The smallest absolute Gasteiger partial charge is 0.314 e. The molecule has 0 N–H and O–H groups in total. The zero-order valence-electron chi connectivity index (χ0n) is 12.8. The lowest BCUT2D eigenvalue weighted by Crippen LogP contribution is -1.94. The molecule has 0 radical (unpaired) electrons. The van der Waals surface area contributed by atoms with Gasteiger partial charge in [-0.15, -0.1) is 10.2 Å². The molecule has 3 aromatic heterocycles. The van der Waals surface area contributed by atoms with Gasteiger partial charge in [-0.2, -0.15) is 8.78 Å². The second-order valence-electron chi connectivity index (χ2n) is 5.26. The topological polar surface area (TPSA) is 65.5 Å². The molecule has 126 valence electrons. The van der Waals surface area contributed by atoms with Gasteiger partial charge in [0.2, 0.25) is 5.89 Å². The molecule has 0 unspecified atom stereocenters. The lowest BCUT2D eigenvalue weighted by molar-refractivity contribution is 0.116. The Labute approximate surface area is 140 Å². The number of ether oxygens (including phenoxy) is 1. The van der Waals surface area contributed by atoms with Crippen molar-refractivity contribution in [1.29, 1.82) is 0 Å². The molecule has 0 aliphatic heterocycles. The van der Waals surface area contributed by atoms with E-state index >= 15 is 0 Å². The Morgan fingerprint density at radius 2 is 1.96 bits per heavy atom. The van der Waals surface area contributed by atoms with Crippen LogP contribution in [-0.2, 0) is 6.61 Å². The quantitative estimate of drug-likeness (QED) is 0.550. The summed E-state index contributed by atoms with van der Waals surface area (Å²) in [5.41, 5.74) is 1.88. The summed E-state index contributed by atoms with van der Waals surface area (Å²) in [6.07, 6.45) is 0.786. The Morgan fingerprint density at radius 3 is 2.72 bits per heavy atom. The lowest BCUT2D eigenvalue weighted by atomic mass is 10.2. The van der Waals surface area contributed by atoms with Crippen LogP contribution in [0.2, 0.25) is 0 Å². The molecule has 0 spiro atoms. The fraction of sp³-hybridized carbons (Fsp3) is 0.118. The van der Waals surface area contributed by atoms with E-state index in [2.05, 4.69) is 15.2 Å². The van der Waals surface area contributed by atoms with E-state index < -0.39 is 12.3 Å². The highest BCUT2D eigenvalue weighted by atomic mass is 19.3. The SMILES string of the molecule is FC(F)c1nnc(-c2ccn3cc(COc4ccccc4)nc3c2)o1. The van der Waals surface area contributed by atoms with Crippen LogP contribution >= 0.6 is 0 Å². The number of alkyl halides is 2. The molecule has 25 heavy (non-hydrogen) atoms. The number of pyridine rings is 1. The van der Waals surface area contributed by atoms with Gasteiger partial charge in [0.05, 0.1) is 5.69 Å². The number of aromatic nitrogens is 4. The van der Waals surface area contributed by atoms with Crippen molar-refractivity contribution in [1.82, 2.24) is 19.6 Å². The predicted molar refractivity (Wildman–Crippen MR) is 84.2 cm³/mol. The van der Waals surface area contributed by atoms with Gasteiger partial charge in [-0.1, -0.05) is 18.2 Å². The summed E-state index contributed by atoms with van der Waals surface area (Å²) >= 11 is 0. The monoisotopic (exact) mass is 342 g/mol. The third kappa shape index (κ3) is 3.18. The van der Waals surface area contributed by atoms with Crippen LogP contribution in [0.1, 0.15) is 18.0 Å². The van der Waals surface area contributed by atoms with Crippen molar-refractivity contribution in [3.63, 3.8) is 0 Å². The second kappa shape index (κ2) is 6.31. The molecule has 0 aliphatic carbocycles. The van der Waals surface area contributed by atoms with Gasteiger partial charge in [-0.05, 0) is 24.3 Å². The molecule has 4 aromatic rings. The van der Waals surface area contributed by atoms with Gasteiger partial charge in [0.25, 0.3) is 5.89 Å². The number of rotatable bonds is 5. The summed E-state index contributed by atoms with van der Waals surface area (Å²) < 4.78 is 37.5. The molecule has 0 amide bonds. The van der Waals surface area contributed by atoms with Gasteiger partial charge in [0.15, 0.2) is 0 Å². The predicted octanol–water partition coefficient (Wildman–Crippen LogP) is 3.90. The van der Waals surface area contributed by atoms with Gasteiger partial charge >= 0.3 is 6.43 Å². The first-order valence-corrected chi connectivity index (χ1v) is 7.46. The Hall–Kier alpha value is -3.29. The van der Waals surface area contributed by atoms with Crippen LogP contribution in [0.4, 0.5) is 8.78 Å². The minimum atomic E-state index is -2.79. The first-order valence-electron chi connectivity index (χ1n) is 7.46. The number of halogens is 2. The van der Waals surface area contributed by atoms with E-state index in [0.29, 0.717) is 17.8 Å². The fourth-order valence-electron chi connectivity index (χ4n) is 2.35. The summed E-state index contributed by atoms with van der Waals surface area (Å²) in [5, 5.41) is 6.97. The van der Waals surface area contributed by atoms with Crippen LogP contribution in [0.3, 0.4) is 0 Å². The minimum Gasteiger partial charge on any atom is -0.487 e. The van der Waals surface area contributed by atoms with Crippen molar-refractivity contribution in [2.45, 2.75) is 13.0 Å². The van der Waals surface area contributed by atoms with Crippen molar-refractivity contribution in [2.24, 2.45) is 0 Å². The molecule has 0 saturated heterocycles. The Bertz CT molecular complexity index is 998. The molecule has 3 heterocycles. The van der Waals surface area contributed by atoms with Gasteiger partial charge in [0.1, 0.15) is 18.0 Å². The van der Waals surface area contributed by atoms with Crippen molar-refractivity contribution >= 4 is 5.65 Å². The van der Waals surface area contributed by atoms with Crippen molar-refractivity contribution in [3.05, 3.63) is 66.4 Å². The van der Waals surface area contributed by atoms with Crippen molar-refractivity contribution < 1.29 is 17.9 Å². The van der Waals surface area contributed by atoms with E-state index in [4.69, 9.17) is 9.15 Å². The standard InChI is InChI=1S/C17H12F2N4O2/c18-15(19)17-22-21-16(25-17)11-6-7-23-9-12(20-14(23)8-11)10-24-13-4-2-1-3-5-13/h1-9,15H,10H2. The Kier molecular flexibility index (Phi) is 3.85. The Morgan fingerprint density at radius 1 is 1.12 bits per heavy atom. The number of nitrogens with zero attached hydrogens (tertiary/aromatic N) is 4. The average Bonchev–Trinajstić information content (AvgIpc) is 3.27. The van der Waals surface area contributed by atoms with Crippen LogP contribution in [-0.4, -0.2) is 19.6 Å². The molecule has 0 aliphatic rings. The van der Waals surface area contributed by atoms with Crippen LogP contribution in [0.25, 0.3) is 17.1 Å². The summed E-state index contributed by atoms with van der Waals surface area (Å²) in [6, 6.07) is 12.8. The van der Waals surface area contributed by atoms with E-state index in [-0.39, 0.29) is 5.89 Å². The van der Waals surface area contributed by atoms with E-state index in [1.807, 2.05) is 36.5 Å². The summed E-state index contributed by atoms with van der Waals surface area (Å²) in [6.45, 7) is 0.317. The second-order valence-corrected chi connectivity index (χ2v) is 5.26. The van der Waals surface area contributed by atoms with Crippen molar-refractivity contribution in [3.8, 4) is 17.2 Å². The van der Waals surface area contributed by atoms with Crippen LogP contribution in [0.5, 0.6) is 5.75 Å².